The van der Waals surface area contributed by atoms with Gasteiger partial charge in [0.25, 0.3) is 0 Å². The Morgan fingerprint density at radius 2 is 2.08 bits per heavy atom. The van der Waals surface area contributed by atoms with Gasteiger partial charge >= 0.3 is 6.03 Å². The molecule has 0 bridgehead atoms. The number of anilines is 2. The van der Waals surface area contributed by atoms with Crippen molar-refractivity contribution in [1.82, 2.24) is 15.5 Å². The lowest BCUT2D eigenvalue weighted by molar-refractivity contribution is -0.117. The van der Waals surface area contributed by atoms with Crippen LogP contribution in [0.3, 0.4) is 0 Å². The number of aromatic nitrogens is 2. The summed E-state index contributed by atoms with van der Waals surface area (Å²) in [6.07, 6.45) is 0. The highest BCUT2D eigenvalue weighted by Crippen LogP contribution is 2.25. The summed E-state index contributed by atoms with van der Waals surface area (Å²) in [7, 11) is 1.62. The van der Waals surface area contributed by atoms with Gasteiger partial charge in [-0.3, -0.25) is 10.1 Å². The number of thioether (sulfide) groups is 1. The Morgan fingerprint density at radius 1 is 1.27 bits per heavy atom. The molecule has 1 aromatic heterocycles. The molecule has 2 aromatic rings. The van der Waals surface area contributed by atoms with Gasteiger partial charge < -0.3 is 15.4 Å². The van der Waals surface area contributed by atoms with E-state index in [0.717, 1.165) is 11.1 Å². The number of amides is 3. The fourth-order valence-electron chi connectivity index (χ4n) is 1.93. The van der Waals surface area contributed by atoms with Crippen LogP contribution in [0.4, 0.5) is 15.6 Å². The first-order valence-electron chi connectivity index (χ1n) is 7.85. The van der Waals surface area contributed by atoms with Crippen LogP contribution in [0.25, 0.3) is 0 Å². The number of urea groups is 1. The van der Waals surface area contributed by atoms with Crippen LogP contribution in [-0.4, -0.2) is 48.1 Å². The van der Waals surface area contributed by atoms with E-state index in [1.165, 1.54) is 23.1 Å². The number of ether oxygens (including phenoxy) is 1. The number of imide groups is 1. The Hall–Kier alpha value is -2.17. The predicted molar refractivity (Wildman–Crippen MR) is 104 cm³/mol. The molecule has 0 saturated heterocycles. The summed E-state index contributed by atoms with van der Waals surface area (Å²) in [5, 5.41) is 16.7. The van der Waals surface area contributed by atoms with Crippen LogP contribution >= 0.6 is 23.1 Å². The predicted octanol–water partition coefficient (Wildman–Crippen LogP) is 2.65. The molecule has 8 nitrogen and oxygen atoms in total. The maximum atomic E-state index is 11.9. The Kier molecular flexibility index (Phi) is 7.82. The third kappa shape index (κ3) is 6.28. The molecule has 140 valence electrons. The van der Waals surface area contributed by atoms with Crippen molar-refractivity contribution < 1.29 is 14.3 Å². The summed E-state index contributed by atoms with van der Waals surface area (Å²) >= 11 is 2.57. The number of hydrogen-bond acceptors (Lipinski definition) is 8. The molecule has 0 unspecified atom stereocenters. The maximum absolute atomic E-state index is 11.9. The Bertz CT molecular complexity index is 766. The first-order valence-corrected chi connectivity index (χ1v) is 9.66. The highest BCUT2D eigenvalue weighted by Gasteiger charge is 2.12. The highest BCUT2D eigenvalue weighted by molar-refractivity contribution is 8.01. The van der Waals surface area contributed by atoms with Crippen molar-refractivity contribution in [1.29, 1.82) is 0 Å². The summed E-state index contributed by atoms with van der Waals surface area (Å²) in [6, 6.07) is 5.05. The fraction of sp³-hybridized carbons (Fsp3) is 0.375. The van der Waals surface area contributed by atoms with Crippen molar-refractivity contribution in [2.24, 2.45) is 0 Å². The summed E-state index contributed by atoms with van der Waals surface area (Å²) in [5.74, 6) is -0.325. The van der Waals surface area contributed by atoms with E-state index in [-0.39, 0.29) is 5.75 Å². The number of carbonyl (C=O) groups is 2. The number of methoxy groups -OCH3 is 1. The number of benzene rings is 1. The molecule has 0 fully saturated rings. The van der Waals surface area contributed by atoms with Crippen LogP contribution in [-0.2, 0) is 9.53 Å². The van der Waals surface area contributed by atoms with E-state index in [1.807, 2.05) is 26.0 Å². The van der Waals surface area contributed by atoms with Crippen LogP contribution in [0.5, 0.6) is 0 Å². The molecule has 3 N–H and O–H groups in total. The van der Waals surface area contributed by atoms with Crippen LogP contribution < -0.4 is 16.0 Å². The van der Waals surface area contributed by atoms with Gasteiger partial charge in [0, 0.05) is 19.3 Å². The molecule has 26 heavy (non-hydrogen) atoms. The van der Waals surface area contributed by atoms with Gasteiger partial charge in [0.2, 0.25) is 11.0 Å². The molecule has 2 rings (SSSR count). The van der Waals surface area contributed by atoms with E-state index in [4.69, 9.17) is 4.74 Å². The number of carbonyl (C=O) groups excluding carboxylic acids is 2. The van der Waals surface area contributed by atoms with Gasteiger partial charge in [-0.2, -0.15) is 0 Å². The normalized spacial score (nSPS) is 10.4. The fourth-order valence-corrected chi connectivity index (χ4v) is 3.51. The SMILES string of the molecule is COCCNc1nnc(SCC(=O)NC(=O)Nc2cccc(C)c2C)s1. The highest BCUT2D eigenvalue weighted by atomic mass is 32.2. The van der Waals surface area contributed by atoms with E-state index in [1.54, 1.807) is 13.2 Å². The first kappa shape index (κ1) is 20.1. The van der Waals surface area contributed by atoms with Crippen molar-refractivity contribution in [2.45, 2.75) is 18.2 Å². The number of hydrogen-bond donors (Lipinski definition) is 3. The maximum Gasteiger partial charge on any atom is 0.325 e. The lowest BCUT2D eigenvalue weighted by Crippen LogP contribution is -2.35. The minimum absolute atomic E-state index is 0.0763. The largest absolute Gasteiger partial charge is 0.383 e. The lowest BCUT2D eigenvalue weighted by atomic mass is 10.1. The molecule has 0 atom stereocenters. The molecule has 0 aliphatic rings. The molecule has 3 amide bonds. The van der Waals surface area contributed by atoms with Crippen LogP contribution in [0.15, 0.2) is 22.5 Å². The zero-order chi connectivity index (χ0) is 18.9. The van der Waals surface area contributed by atoms with Crippen LogP contribution in [0, 0.1) is 13.8 Å². The Morgan fingerprint density at radius 3 is 2.85 bits per heavy atom. The minimum atomic E-state index is -0.552. The van der Waals surface area contributed by atoms with E-state index in [2.05, 4.69) is 26.1 Å². The topological polar surface area (TPSA) is 105 Å². The second kappa shape index (κ2) is 10.1. The van der Waals surface area contributed by atoms with Crippen LogP contribution in [0.2, 0.25) is 0 Å². The second-order valence-electron chi connectivity index (χ2n) is 5.33. The monoisotopic (exact) mass is 395 g/mol. The van der Waals surface area contributed by atoms with E-state index >= 15 is 0 Å². The third-order valence-corrected chi connectivity index (χ3v) is 5.44. The van der Waals surface area contributed by atoms with E-state index in [9.17, 15) is 9.59 Å². The zero-order valence-electron chi connectivity index (χ0n) is 14.8. The van der Waals surface area contributed by atoms with Gasteiger partial charge in [-0.25, -0.2) is 4.79 Å². The molecule has 0 aliphatic heterocycles. The van der Waals surface area contributed by atoms with Crippen molar-refractivity contribution in [2.75, 3.05) is 36.6 Å². The number of rotatable bonds is 8. The molecule has 1 aromatic carbocycles. The lowest BCUT2D eigenvalue weighted by Gasteiger charge is -2.10. The van der Waals surface area contributed by atoms with Gasteiger partial charge in [0.15, 0.2) is 4.34 Å². The molecule has 0 aliphatic carbocycles. The molecule has 10 heteroatoms. The molecule has 0 saturated carbocycles. The minimum Gasteiger partial charge on any atom is -0.383 e. The van der Waals surface area contributed by atoms with Gasteiger partial charge in [-0.05, 0) is 31.0 Å². The number of aryl methyl sites for hydroxylation is 1. The van der Waals surface area contributed by atoms with Crippen molar-refractivity contribution in [3.8, 4) is 0 Å². The average Bonchev–Trinajstić information content (AvgIpc) is 3.05. The molecule has 0 radical (unpaired) electrons. The first-order chi connectivity index (χ1) is 12.5. The Balaban J connectivity index is 1.76. The zero-order valence-corrected chi connectivity index (χ0v) is 16.4. The van der Waals surface area contributed by atoms with Crippen molar-refractivity contribution in [3.63, 3.8) is 0 Å². The van der Waals surface area contributed by atoms with E-state index < -0.39 is 11.9 Å². The summed E-state index contributed by atoms with van der Waals surface area (Å²) in [5.41, 5.74) is 2.71. The summed E-state index contributed by atoms with van der Waals surface area (Å²) < 4.78 is 5.59. The van der Waals surface area contributed by atoms with Crippen molar-refractivity contribution in [3.05, 3.63) is 29.3 Å². The number of nitrogens with one attached hydrogen (secondary N) is 3. The van der Waals surface area contributed by atoms with Crippen LogP contribution in [0.1, 0.15) is 11.1 Å². The van der Waals surface area contributed by atoms with E-state index in [0.29, 0.717) is 28.3 Å². The smallest absolute Gasteiger partial charge is 0.325 e. The molecule has 1 heterocycles. The summed E-state index contributed by atoms with van der Waals surface area (Å²) in [6.45, 7) is 5.08. The Labute approximate surface area is 160 Å². The standard InChI is InChI=1S/C16H21N5O3S2/c1-10-5-4-6-12(11(10)2)18-14(23)19-13(22)9-25-16-21-20-15(26-16)17-7-8-24-3/h4-6H,7-9H2,1-3H3,(H,17,20)(H2,18,19,22,23). The van der Waals surface area contributed by atoms with Gasteiger partial charge in [0.05, 0.1) is 12.4 Å². The third-order valence-electron chi connectivity index (χ3n) is 3.42. The van der Waals surface area contributed by atoms with Gasteiger partial charge in [0.1, 0.15) is 0 Å². The number of nitrogens with zero attached hydrogens (tertiary/aromatic N) is 2. The van der Waals surface area contributed by atoms with Crippen molar-refractivity contribution >= 4 is 45.9 Å². The molecular formula is C16H21N5O3S2. The molecular weight excluding hydrogens is 374 g/mol. The van der Waals surface area contributed by atoms with Gasteiger partial charge in [-0.15, -0.1) is 10.2 Å². The quantitative estimate of drug-likeness (QED) is 0.466. The molecule has 0 spiro atoms. The average molecular weight is 396 g/mol. The second-order valence-corrected chi connectivity index (χ2v) is 7.53. The summed E-state index contributed by atoms with van der Waals surface area (Å²) in [4.78, 5) is 23.9. The van der Waals surface area contributed by atoms with Gasteiger partial charge in [-0.1, -0.05) is 35.2 Å².